The van der Waals surface area contributed by atoms with Gasteiger partial charge in [0.25, 0.3) is 0 Å². The Morgan fingerprint density at radius 1 is 1.39 bits per heavy atom. The first-order valence-corrected chi connectivity index (χ1v) is 6.97. The van der Waals surface area contributed by atoms with Gasteiger partial charge >= 0.3 is 5.63 Å². The quantitative estimate of drug-likeness (QED) is 0.680. The van der Waals surface area contributed by atoms with Gasteiger partial charge < -0.3 is 4.42 Å². The fourth-order valence-corrected chi connectivity index (χ4v) is 3.09. The van der Waals surface area contributed by atoms with E-state index in [9.17, 15) is 4.79 Å². The Bertz CT molecular complexity index is 778. The topological polar surface area (TPSA) is 43.1 Å². The van der Waals surface area contributed by atoms with Gasteiger partial charge in [0.05, 0.1) is 15.8 Å². The molecule has 0 unspecified atom stereocenters. The van der Waals surface area contributed by atoms with Crippen molar-refractivity contribution in [1.29, 1.82) is 0 Å². The molecule has 0 saturated carbocycles. The van der Waals surface area contributed by atoms with Crippen LogP contribution in [0.25, 0.3) is 21.7 Å². The smallest absolute Gasteiger partial charge is 0.347 e. The number of fused-ring (bicyclic) bond motifs is 1. The first-order chi connectivity index (χ1) is 8.65. The Labute approximate surface area is 115 Å². The third kappa shape index (κ3) is 1.89. The van der Waals surface area contributed by atoms with Gasteiger partial charge in [0, 0.05) is 4.47 Å². The lowest BCUT2D eigenvalue weighted by Crippen LogP contribution is -2.03. The molecular weight excluding hydrogens is 314 g/mol. The molecule has 0 fully saturated rings. The van der Waals surface area contributed by atoms with Crippen molar-refractivity contribution in [3.63, 3.8) is 0 Å². The van der Waals surface area contributed by atoms with E-state index in [2.05, 4.69) is 20.9 Å². The Morgan fingerprint density at radius 2 is 2.22 bits per heavy atom. The number of aryl methyl sites for hydroxylation is 1. The van der Waals surface area contributed by atoms with E-state index in [1.54, 1.807) is 6.07 Å². The van der Waals surface area contributed by atoms with Crippen LogP contribution in [0.4, 0.5) is 0 Å². The van der Waals surface area contributed by atoms with Crippen LogP contribution < -0.4 is 5.63 Å². The summed E-state index contributed by atoms with van der Waals surface area (Å²) in [4.78, 5) is 17.2. The van der Waals surface area contributed by atoms with Crippen molar-refractivity contribution in [2.45, 2.75) is 6.92 Å². The summed E-state index contributed by atoms with van der Waals surface area (Å²) in [5.41, 5.74) is 1.28. The number of hydrogen-bond acceptors (Lipinski definition) is 4. The van der Waals surface area contributed by atoms with Crippen LogP contribution in [0, 0.1) is 6.92 Å². The molecule has 0 aliphatic heterocycles. The van der Waals surface area contributed by atoms with Gasteiger partial charge in [-0.3, -0.25) is 0 Å². The summed E-state index contributed by atoms with van der Waals surface area (Å²) in [7, 11) is 0. The molecule has 0 aliphatic carbocycles. The van der Waals surface area contributed by atoms with E-state index >= 15 is 0 Å². The summed E-state index contributed by atoms with van der Waals surface area (Å²) in [6, 6.07) is 7.50. The van der Waals surface area contributed by atoms with E-state index < -0.39 is 0 Å². The number of thiophene rings is 1. The van der Waals surface area contributed by atoms with Crippen LogP contribution in [0.2, 0.25) is 0 Å². The monoisotopic (exact) mass is 321 g/mol. The van der Waals surface area contributed by atoms with Crippen LogP contribution >= 0.6 is 27.3 Å². The predicted octanol–water partition coefficient (Wildman–Crippen LogP) is 3.99. The number of benzene rings is 1. The molecule has 3 nitrogen and oxygen atoms in total. The molecule has 90 valence electrons. The predicted molar refractivity (Wildman–Crippen MR) is 76.0 cm³/mol. The molecule has 0 amide bonds. The SMILES string of the molecule is Cc1cc(Br)c2nc(-c3cccs3)oc(=O)c2c1. The summed E-state index contributed by atoms with van der Waals surface area (Å²) in [6.45, 7) is 1.93. The van der Waals surface area contributed by atoms with Crippen LogP contribution in [0.5, 0.6) is 0 Å². The van der Waals surface area contributed by atoms with Crippen LogP contribution in [0.3, 0.4) is 0 Å². The Balaban J connectivity index is 2.38. The van der Waals surface area contributed by atoms with Crippen LogP contribution in [-0.4, -0.2) is 4.98 Å². The lowest BCUT2D eigenvalue weighted by atomic mass is 10.2. The molecule has 2 aromatic heterocycles. The average Bonchev–Trinajstić information content (AvgIpc) is 2.83. The van der Waals surface area contributed by atoms with E-state index in [1.807, 2.05) is 30.5 Å². The van der Waals surface area contributed by atoms with Crippen molar-refractivity contribution >= 4 is 38.2 Å². The molecular formula is C13H8BrNO2S. The van der Waals surface area contributed by atoms with Gasteiger partial charge in [-0.25, -0.2) is 9.78 Å². The van der Waals surface area contributed by atoms with E-state index in [-0.39, 0.29) is 5.63 Å². The molecule has 0 aliphatic rings. The lowest BCUT2D eigenvalue weighted by molar-refractivity contribution is 0.519. The molecule has 0 radical (unpaired) electrons. The largest absolute Gasteiger partial charge is 0.402 e. The van der Waals surface area contributed by atoms with Gasteiger partial charge in [-0.05, 0) is 52.0 Å². The molecule has 0 bridgehead atoms. The Kier molecular flexibility index (Phi) is 2.80. The standard InChI is InChI=1S/C13H8BrNO2S/c1-7-5-8-11(9(14)6-7)15-12(17-13(8)16)10-3-2-4-18-10/h2-6H,1H3. The van der Waals surface area contributed by atoms with Gasteiger partial charge in [0.1, 0.15) is 0 Å². The Morgan fingerprint density at radius 3 is 2.94 bits per heavy atom. The summed E-state index contributed by atoms with van der Waals surface area (Å²) in [5.74, 6) is 0.368. The lowest BCUT2D eigenvalue weighted by Gasteiger charge is -2.02. The van der Waals surface area contributed by atoms with Crippen LogP contribution in [0.15, 0.2) is 43.3 Å². The highest BCUT2D eigenvalue weighted by Crippen LogP contribution is 2.27. The molecule has 3 rings (SSSR count). The number of rotatable bonds is 1. The van der Waals surface area contributed by atoms with E-state index in [1.165, 1.54) is 11.3 Å². The number of halogens is 1. The molecule has 0 atom stereocenters. The first-order valence-electron chi connectivity index (χ1n) is 5.30. The molecule has 1 aromatic carbocycles. The fourth-order valence-electron chi connectivity index (χ4n) is 1.78. The second-order valence-electron chi connectivity index (χ2n) is 3.93. The van der Waals surface area contributed by atoms with Crippen molar-refractivity contribution in [3.8, 4) is 10.8 Å². The third-order valence-electron chi connectivity index (χ3n) is 2.56. The normalized spacial score (nSPS) is 11.0. The zero-order valence-corrected chi connectivity index (χ0v) is 11.8. The molecule has 3 aromatic rings. The van der Waals surface area contributed by atoms with Crippen molar-refractivity contribution in [3.05, 3.63) is 50.1 Å². The first kappa shape index (κ1) is 11.6. The van der Waals surface area contributed by atoms with Gasteiger partial charge in [-0.1, -0.05) is 6.07 Å². The van der Waals surface area contributed by atoms with Crippen molar-refractivity contribution in [1.82, 2.24) is 4.98 Å². The van der Waals surface area contributed by atoms with Crippen molar-refractivity contribution in [2.75, 3.05) is 0 Å². The number of nitrogens with zero attached hydrogens (tertiary/aromatic N) is 1. The second kappa shape index (κ2) is 4.33. The molecule has 2 heterocycles. The highest BCUT2D eigenvalue weighted by molar-refractivity contribution is 9.10. The molecule has 0 saturated heterocycles. The highest BCUT2D eigenvalue weighted by atomic mass is 79.9. The highest BCUT2D eigenvalue weighted by Gasteiger charge is 2.11. The number of aromatic nitrogens is 1. The van der Waals surface area contributed by atoms with Crippen LogP contribution in [-0.2, 0) is 0 Å². The summed E-state index contributed by atoms with van der Waals surface area (Å²) in [6.07, 6.45) is 0. The van der Waals surface area contributed by atoms with E-state index in [0.717, 1.165) is 14.9 Å². The zero-order valence-electron chi connectivity index (χ0n) is 9.44. The van der Waals surface area contributed by atoms with Crippen molar-refractivity contribution < 1.29 is 4.42 Å². The van der Waals surface area contributed by atoms with E-state index in [0.29, 0.717) is 16.8 Å². The summed E-state index contributed by atoms with van der Waals surface area (Å²) >= 11 is 4.93. The van der Waals surface area contributed by atoms with E-state index in [4.69, 9.17) is 4.42 Å². The molecule has 18 heavy (non-hydrogen) atoms. The molecule has 5 heteroatoms. The third-order valence-corrected chi connectivity index (χ3v) is 4.02. The second-order valence-corrected chi connectivity index (χ2v) is 5.73. The zero-order chi connectivity index (χ0) is 12.7. The van der Waals surface area contributed by atoms with Crippen LogP contribution in [0.1, 0.15) is 5.56 Å². The minimum atomic E-state index is -0.354. The van der Waals surface area contributed by atoms with Gasteiger partial charge in [-0.15, -0.1) is 11.3 Å². The summed E-state index contributed by atoms with van der Waals surface area (Å²) in [5, 5.41) is 2.42. The molecule has 0 N–H and O–H groups in total. The van der Waals surface area contributed by atoms with Gasteiger partial charge in [0.2, 0.25) is 5.89 Å². The average molecular weight is 322 g/mol. The minimum Gasteiger partial charge on any atom is -0.402 e. The minimum absolute atomic E-state index is 0.354. The van der Waals surface area contributed by atoms with Gasteiger partial charge in [0.15, 0.2) is 0 Å². The maximum absolute atomic E-state index is 12.0. The number of hydrogen-bond donors (Lipinski definition) is 0. The fraction of sp³-hybridized carbons (Fsp3) is 0.0769. The maximum Gasteiger partial charge on any atom is 0.347 e. The summed E-state index contributed by atoms with van der Waals surface area (Å²) < 4.78 is 6.08. The van der Waals surface area contributed by atoms with Crippen molar-refractivity contribution in [2.24, 2.45) is 0 Å². The maximum atomic E-state index is 12.0. The van der Waals surface area contributed by atoms with Gasteiger partial charge in [-0.2, -0.15) is 0 Å². The Hall–Kier alpha value is -1.46. The molecule has 0 spiro atoms.